The van der Waals surface area contributed by atoms with E-state index in [9.17, 15) is 29.7 Å². The van der Waals surface area contributed by atoms with Crippen molar-refractivity contribution in [2.75, 3.05) is 0 Å². The molecule has 1 spiro atoms. The lowest BCUT2D eigenvalue weighted by molar-refractivity contribution is -0.301. The molecule has 5 fully saturated rings. The molecule has 4 heterocycles. The van der Waals surface area contributed by atoms with E-state index < -0.39 is 81.0 Å². The second-order valence-corrected chi connectivity index (χ2v) is 12.4. The number of ketones is 1. The molecular weight excluding hydrogens is 500 g/mol. The van der Waals surface area contributed by atoms with E-state index in [1.54, 1.807) is 19.3 Å². The van der Waals surface area contributed by atoms with E-state index in [1.807, 2.05) is 0 Å². The van der Waals surface area contributed by atoms with E-state index in [0.717, 1.165) is 12.5 Å². The van der Waals surface area contributed by atoms with Gasteiger partial charge in [0, 0.05) is 18.8 Å². The van der Waals surface area contributed by atoms with Crippen LogP contribution in [0.25, 0.3) is 0 Å². The lowest BCUT2D eigenvalue weighted by Gasteiger charge is -2.60. The Morgan fingerprint density at radius 1 is 1.08 bits per heavy atom. The fourth-order valence-electron chi connectivity index (χ4n) is 9.35. The molecule has 0 aromatic carbocycles. The molecule has 12 unspecified atom stereocenters. The van der Waals surface area contributed by atoms with Crippen LogP contribution in [0.5, 0.6) is 0 Å². The molecule has 11 heteroatoms. The summed E-state index contributed by atoms with van der Waals surface area (Å²) in [6.45, 7) is 7.19. The van der Waals surface area contributed by atoms with E-state index in [4.69, 9.17) is 23.4 Å². The Bertz CT molecular complexity index is 1330. The van der Waals surface area contributed by atoms with Crippen molar-refractivity contribution >= 4 is 17.7 Å². The number of epoxide rings is 1. The van der Waals surface area contributed by atoms with Gasteiger partial charge in [-0.05, 0) is 51.0 Å². The molecule has 1 aromatic rings. The van der Waals surface area contributed by atoms with E-state index >= 15 is 0 Å². The Balaban J connectivity index is 1.45. The summed E-state index contributed by atoms with van der Waals surface area (Å²) in [6.07, 6.45) is 2.28. The number of fused-ring (bicyclic) bond motifs is 5. The molecular formula is C27H30O11. The molecule has 0 radical (unpaired) electrons. The Morgan fingerprint density at radius 3 is 2.42 bits per heavy atom. The molecule has 204 valence electrons. The largest absolute Gasteiger partial charge is 0.472 e. The van der Waals surface area contributed by atoms with Gasteiger partial charge in [-0.2, -0.15) is 0 Å². The number of hydrogen-bond acceptors (Lipinski definition) is 11. The van der Waals surface area contributed by atoms with Crippen LogP contribution in [0.2, 0.25) is 0 Å². The third-order valence-corrected chi connectivity index (χ3v) is 11.1. The molecule has 3 aliphatic carbocycles. The Labute approximate surface area is 217 Å². The summed E-state index contributed by atoms with van der Waals surface area (Å²) in [5, 5.41) is 37.1. The summed E-state index contributed by atoms with van der Waals surface area (Å²) in [4.78, 5) is 39.5. The number of ether oxygens (including phenoxy) is 4. The second kappa shape index (κ2) is 6.42. The fourth-order valence-corrected chi connectivity index (χ4v) is 9.35. The minimum Gasteiger partial charge on any atom is -0.472 e. The molecule has 2 saturated carbocycles. The number of furan rings is 1. The number of rotatable bonds is 2. The zero-order valence-corrected chi connectivity index (χ0v) is 21.6. The zero-order chi connectivity index (χ0) is 27.5. The normalized spacial score (nSPS) is 57.4. The Kier molecular flexibility index (Phi) is 4.13. The van der Waals surface area contributed by atoms with Crippen molar-refractivity contribution < 1.29 is 53.1 Å². The topological polar surface area (TPSA) is 165 Å². The number of carbonyl (C=O) groups is 3. The smallest absolute Gasteiger partial charge is 0.351 e. The summed E-state index contributed by atoms with van der Waals surface area (Å²) in [5.41, 5.74) is -9.92. The summed E-state index contributed by atoms with van der Waals surface area (Å²) < 4.78 is 28.4. The van der Waals surface area contributed by atoms with Crippen LogP contribution < -0.4 is 0 Å². The third kappa shape index (κ3) is 2.10. The van der Waals surface area contributed by atoms with Crippen molar-refractivity contribution in [1.29, 1.82) is 0 Å². The lowest BCUT2D eigenvalue weighted by atomic mass is 9.43. The monoisotopic (exact) mass is 530 g/mol. The van der Waals surface area contributed by atoms with Crippen LogP contribution in [0.15, 0.2) is 35.2 Å². The first kappa shape index (κ1) is 24.5. The third-order valence-electron chi connectivity index (χ3n) is 11.1. The van der Waals surface area contributed by atoms with Gasteiger partial charge in [-0.15, -0.1) is 0 Å². The van der Waals surface area contributed by atoms with Crippen LogP contribution in [0, 0.1) is 16.7 Å². The molecule has 7 rings (SSSR count). The highest BCUT2D eigenvalue weighted by atomic mass is 16.7. The number of esters is 2. The van der Waals surface area contributed by atoms with Crippen LogP contribution >= 0.6 is 0 Å². The fraction of sp³-hybridized carbons (Fsp3) is 0.667. The first-order chi connectivity index (χ1) is 17.6. The van der Waals surface area contributed by atoms with Crippen LogP contribution in [0.4, 0.5) is 0 Å². The van der Waals surface area contributed by atoms with Crippen LogP contribution in [0.3, 0.4) is 0 Å². The molecule has 12 atom stereocenters. The van der Waals surface area contributed by atoms with E-state index in [1.165, 1.54) is 39.2 Å². The van der Waals surface area contributed by atoms with E-state index in [2.05, 4.69) is 0 Å². The van der Waals surface area contributed by atoms with Crippen molar-refractivity contribution in [3.05, 3.63) is 36.3 Å². The van der Waals surface area contributed by atoms with Crippen molar-refractivity contribution in [2.24, 2.45) is 16.7 Å². The number of hydrogen-bond donors (Lipinski definition) is 3. The molecule has 1 aromatic heterocycles. The second-order valence-electron chi connectivity index (χ2n) is 12.4. The number of carbonyl (C=O) groups excluding carboxylic acids is 3. The number of aliphatic hydroxyl groups is 3. The van der Waals surface area contributed by atoms with Gasteiger partial charge in [0.1, 0.15) is 17.3 Å². The van der Waals surface area contributed by atoms with Gasteiger partial charge < -0.3 is 38.7 Å². The predicted molar refractivity (Wildman–Crippen MR) is 123 cm³/mol. The minimum atomic E-state index is -2.44. The average molecular weight is 531 g/mol. The van der Waals surface area contributed by atoms with Crippen LogP contribution in [0.1, 0.15) is 52.5 Å². The zero-order valence-electron chi connectivity index (χ0n) is 21.6. The average Bonchev–Trinajstić information content (AvgIpc) is 3.07. The highest BCUT2D eigenvalue weighted by Crippen LogP contribution is 2.79. The van der Waals surface area contributed by atoms with Gasteiger partial charge >= 0.3 is 11.9 Å². The SMILES string of the molecule is CC(=O)OC1C(=O)OC2(C)C=CC3(O)OC4C(=O)C5(C)C(c6ccoc6)CC6OC65C(C)(O)C4C3(C)C12O. The van der Waals surface area contributed by atoms with Gasteiger partial charge in [0.2, 0.25) is 6.10 Å². The van der Waals surface area contributed by atoms with Gasteiger partial charge in [-0.3, -0.25) is 9.59 Å². The standard InChI is InChI=1S/C27H30O11/c1-12(28)35-19-20(30)38-21(2)7-8-25(32)23(4,26(19,21)33)17-16(37-25)18(29)22(3)14(13-6-9-34-11-13)10-15-27(22,36-15)24(17,5)31/h6-9,11,14-17,19,31-33H,10H2,1-5H3. The molecule has 3 aliphatic heterocycles. The highest BCUT2D eigenvalue weighted by molar-refractivity contribution is 5.95. The van der Waals surface area contributed by atoms with Gasteiger partial charge in [0.15, 0.2) is 22.8 Å². The van der Waals surface area contributed by atoms with Crippen molar-refractivity contribution in [3.63, 3.8) is 0 Å². The minimum absolute atomic E-state index is 0.359. The molecule has 38 heavy (non-hydrogen) atoms. The molecule has 6 aliphatic rings. The highest BCUT2D eigenvalue weighted by Gasteiger charge is 2.94. The number of Topliss-reactive ketones (excluding diaryl/α,β-unsaturated/α-hetero) is 1. The summed E-state index contributed by atoms with van der Waals surface area (Å²) in [6, 6.07) is 1.77. The molecule has 3 saturated heterocycles. The van der Waals surface area contributed by atoms with Crippen molar-refractivity contribution in [3.8, 4) is 0 Å². The van der Waals surface area contributed by atoms with Gasteiger partial charge in [0.25, 0.3) is 0 Å². The maximum Gasteiger partial charge on any atom is 0.351 e. The summed E-state index contributed by atoms with van der Waals surface area (Å²) >= 11 is 0. The Morgan fingerprint density at radius 2 is 1.79 bits per heavy atom. The van der Waals surface area contributed by atoms with Crippen molar-refractivity contribution in [2.45, 2.75) is 93.5 Å². The van der Waals surface area contributed by atoms with Crippen LogP contribution in [-0.2, 0) is 33.3 Å². The maximum absolute atomic E-state index is 14.5. The first-order valence-corrected chi connectivity index (χ1v) is 12.8. The van der Waals surface area contributed by atoms with E-state index in [0.29, 0.717) is 6.42 Å². The first-order valence-electron chi connectivity index (χ1n) is 12.8. The van der Waals surface area contributed by atoms with Crippen LogP contribution in [-0.4, -0.2) is 79.5 Å². The van der Waals surface area contributed by atoms with Gasteiger partial charge in [0.05, 0.1) is 29.5 Å². The summed E-state index contributed by atoms with van der Waals surface area (Å²) in [5.74, 6) is -6.28. The Hall–Kier alpha value is -2.57. The summed E-state index contributed by atoms with van der Waals surface area (Å²) in [7, 11) is 0. The molecule has 0 bridgehead atoms. The molecule has 0 amide bonds. The molecule has 3 N–H and O–H groups in total. The lowest BCUT2D eigenvalue weighted by Crippen LogP contribution is -2.78. The van der Waals surface area contributed by atoms with Crippen molar-refractivity contribution in [1.82, 2.24) is 0 Å². The predicted octanol–water partition coefficient (Wildman–Crippen LogP) is 0.502. The maximum atomic E-state index is 14.5. The molecule has 11 nitrogen and oxygen atoms in total. The van der Waals surface area contributed by atoms with E-state index in [-0.39, 0.29) is 5.92 Å². The van der Waals surface area contributed by atoms with Gasteiger partial charge in [-0.25, -0.2) is 4.79 Å². The quantitative estimate of drug-likeness (QED) is 0.277. The van der Waals surface area contributed by atoms with Gasteiger partial charge in [-0.1, -0.05) is 6.92 Å².